The van der Waals surface area contributed by atoms with Crippen LogP contribution in [0.25, 0.3) is 0 Å². The monoisotopic (exact) mass is 175 g/mol. The Kier molecular flexibility index (Phi) is 2.05. The molecule has 0 saturated carbocycles. The van der Waals surface area contributed by atoms with Crippen molar-refractivity contribution in [3.63, 3.8) is 0 Å². The smallest absolute Gasteiger partial charge is 0.251 e. The number of rotatable bonds is 0. The zero-order valence-corrected chi connectivity index (χ0v) is 7.76. The van der Waals surface area contributed by atoms with Crippen molar-refractivity contribution >= 4 is 5.91 Å². The molecule has 13 heavy (non-hydrogen) atoms. The second-order valence-corrected chi connectivity index (χ2v) is 3.52. The number of aryl methyl sites for hydroxylation is 2. The van der Waals surface area contributed by atoms with Gasteiger partial charge in [0.1, 0.15) is 0 Å². The second kappa shape index (κ2) is 3.21. The molecule has 68 valence electrons. The van der Waals surface area contributed by atoms with Crippen LogP contribution in [0.2, 0.25) is 0 Å². The molecule has 0 radical (unpaired) electrons. The Morgan fingerprint density at radius 1 is 1.38 bits per heavy atom. The van der Waals surface area contributed by atoms with Crippen molar-refractivity contribution in [1.82, 2.24) is 5.32 Å². The maximum Gasteiger partial charge on any atom is 0.251 e. The average Bonchev–Trinajstić information content (AvgIpc) is 2.29. The molecule has 1 aliphatic heterocycles. The van der Waals surface area contributed by atoms with Gasteiger partial charge in [-0.1, -0.05) is 17.7 Å². The van der Waals surface area contributed by atoms with E-state index in [0.717, 1.165) is 30.5 Å². The van der Waals surface area contributed by atoms with E-state index in [1.165, 1.54) is 5.56 Å². The van der Waals surface area contributed by atoms with E-state index in [4.69, 9.17) is 0 Å². The second-order valence-electron chi connectivity index (χ2n) is 3.52. The van der Waals surface area contributed by atoms with Gasteiger partial charge >= 0.3 is 0 Å². The molecule has 1 aromatic rings. The molecule has 0 fully saturated rings. The van der Waals surface area contributed by atoms with Crippen molar-refractivity contribution in [2.24, 2.45) is 0 Å². The summed E-state index contributed by atoms with van der Waals surface area (Å²) in [5.41, 5.74) is 3.19. The quantitative estimate of drug-likeness (QED) is 0.638. The highest BCUT2D eigenvalue weighted by atomic mass is 16.1. The zero-order chi connectivity index (χ0) is 9.26. The van der Waals surface area contributed by atoms with E-state index in [1.807, 2.05) is 13.0 Å². The normalized spacial score (nSPS) is 15.9. The number of fused-ring (bicyclic) bond motifs is 1. The van der Waals surface area contributed by atoms with Crippen molar-refractivity contribution in [2.75, 3.05) is 6.54 Å². The van der Waals surface area contributed by atoms with Gasteiger partial charge in [0.15, 0.2) is 0 Å². The lowest BCUT2D eigenvalue weighted by molar-refractivity contribution is 0.0956. The summed E-state index contributed by atoms with van der Waals surface area (Å²) in [4.78, 5) is 11.5. The Hall–Kier alpha value is -1.31. The molecular formula is C11H13NO. The van der Waals surface area contributed by atoms with Crippen molar-refractivity contribution in [2.45, 2.75) is 19.8 Å². The highest BCUT2D eigenvalue weighted by Crippen LogP contribution is 2.15. The minimum absolute atomic E-state index is 0.0798. The lowest BCUT2D eigenvalue weighted by Gasteiger charge is -2.04. The number of nitrogens with one attached hydrogen (secondary N) is 1. The van der Waals surface area contributed by atoms with Gasteiger partial charge in [0.05, 0.1) is 0 Å². The van der Waals surface area contributed by atoms with E-state index >= 15 is 0 Å². The third-order valence-electron chi connectivity index (χ3n) is 2.42. The summed E-state index contributed by atoms with van der Waals surface area (Å²) in [7, 11) is 0. The topological polar surface area (TPSA) is 29.1 Å². The fourth-order valence-electron chi connectivity index (χ4n) is 1.70. The molecule has 1 aliphatic rings. The summed E-state index contributed by atoms with van der Waals surface area (Å²) in [6, 6.07) is 6.10. The van der Waals surface area contributed by atoms with Crippen LogP contribution in [-0.2, 0) is 6.42 Å². The fraction of sp³-hybridized carbons (Fsp3) is 0.364. The zero-order valence-electron chi connectivity index (χ0n) is 7.76. The minimum Gasteiger partial charge on any atom is -0.352 e. The molecule has 0 aromatic heterocycles. The third kappa shape index (κ3) is 1.57. The van der Waals surface area contributed by atoms with Gasteiger partial charge in [-0.25, -0.2) is 0 Å². The molecule has 0 spiro atoms. The van der Waals surface area contributed by atoms with Crippen LogP contribution >= 0.6 is 0 Å². The molecule has 2 nitrogen and oxygen atoms in total. The number of hydrogen-bond acceptors (Lipinski definition) is 1. The number of hydrogen-bond donors (Lipinski definition) is 1. The van der Waals surface area contributed by atoms with E-state index in [9.17, 15) is 4.79 Å². The van der Waals surface area contributed by atoms with E-state index < -0.39 is 0 Å². The maximum absolute atomic E-state index is 11.5. The van der Waals surface area contributed by atoms with Crippen molar-refractivity contribution < 1.29 is 4.79 Å². The van der Waals surface area contributed by atoms with Gasteiger partial charge in [-0.3, -0.25) is 4.79 Å². The summed E-state index contributed by atoms with van der Waals surface area (Å²) >= 11 is 0. The van der Waals surface area contributed by atoms with Crippen LogP contribution in [-0.4, -0.2) is 12.5 Å². The van der Waals surface area contributed by atoms with Crippen molar-refractivity contribution in [1.29, 1.82) is 0 Å². The van der Waals surface area contributed by atoms with Crippen LogP contribution < -0.4 is 5.32 Å². The first-order chi connectivity index (χ1) is 6.27. The molecule has 0 saturated heterocycles. The Morgan fingerprint density at radius 2 is 2.23 bits per heavy atom. The van der Waals surface area contributed by atoms with Crippen LogP contribution in [0.5, 0.6) is 0 Å². The van der Waals surface area contributed by atoms with Crippen LogP contribution in [0.3, 0.4) is 0 Å². The molecule has 1 N–H and O–H groups in total. The van der Waals surface area contributed by atoms with Gasteiger partial charge in [-0.15, -0.1) is 0 Å². The van der Waals surface area contributed by atoms with E-state index in [2.05, 4.69) is 17.4 Å². The minimum atomic E-state index is 0.0798. The molecule has 1 amide bonds. The van der Waals surface area contributed by atoms with Crippen molar-refractivity contribution in [3.8, 4) is 0 Å². The predicted molar refractivity (Wildman–Crippen MR) is 51.8 cm³/mol. The Balaban J connectivity index is 2.49. The number of amides is 1. The number of benzene rings is 1. The molecule has 0 bridgehead atoms. The van der Waals surface area contributed by atoms with Crippen molar-refractivity contribution in [3.05, 3.63) is 34.9 Å². The third-order valence-corrected chi connectivity index (χ3v) is 2.42. The predicted octanol–water partition coefficient (Wildman–Crippen LogP) is 1.67. The van der Waals surface area contributed by atoms with Crippen LogP contribution in [0.15, 0.2) is 18.2 Å². The first-order valence-electron chi connectivity index (χ1n) is 4.65. The largest absolute Gasteiger partial charge is 0.352 e. The summed E-state index contributed by atoms with van der Waals surface area (Å²) < 4.78 is 0. The molecule has 2 rings (SSSR count). The number of carbonyl (C=O) groups is 1. The van der Waals surface area contributed by atoms with E-state index in [1.54, 1.807) is 0 Å². The van der Waals surface area contributed by atoms with Gasteiger partial charge in [0.2, 0.25) is 0 Å². The summed E-state index contributed by atoms with van der Waals surface area (Å²) in [6.07, 6.45) is 2.05. The molecule has 0 atom stereocenters. The van der Waals surface area contributed by atoms with Gasteiger partial charge in [-0.2, -0.15) is 0 Å². The average molecular weight is 175 g/mol. The highest BCUT2D eigenvalue weighted by Gasteiger charge is 2.13. The van der Waals surface area contributed by atoms with Gasteiger partial charge in [-0.05, 0) is 31.4 Å². The summed E-state index contributed by atoms with van der Waals surface area (Å²) in [5, 5.41) is 2.89. The van der Waals surface area contributed by atoms with Gasteiger partial charge in [0.25, 0.3) is 5.91 Å². The fourth-order valence-corrected chi connectivity index (χ4v) is 1.70. The van der Waals surface area contributed by atoms with Gasteiger partial charge in [0, 0.05) is 12.1 Å². The lowest BCUT2D eigenvalue weighted by Crippen LogP contribution is -2.22. The highest BCUT2D eigenvalue weighted by molar-refractivity contribution is 5.96. The Bertz CT molecular complexity index is 344. The first-order valence-corrected chi connectivity index (χ1v) is 4.65. The SMILES string of the molecule is Cc1ccc2c(c1)C(=O)NCCC2. The Morgan fingerprint density at radius 3 is 3.08 bits per heavy atom. The lowest BCUT2D eigenvalue weighted by atomic mass is 10.0. The van der Waals surface area contributed by atoms with Gasteiger partial charge < -0.3 is 5.32 Å². The molecule has 0 aliphatic carbocycles. The van der Waals surface area contributed by atoms with Crippen LogP contribution in [0, 0.1) is 6.92 Å². The first kappa shape index (κ1) is 8.30. The van der Waals surface area contributed by atoms with Crippen LogP contribution in [0.4, 0.5) is 0 Å². The summed E-state index contributed by atoms with van der Waals surface area (Å²) in [5.74, 6) is 0.0798. The standard InChI is InChI=1S/C11H13NO/c1-8-4-5-9-3-2-6-12-11(13)10(9)7-8/h4-5,7H,2-3,6H2,1H3,(H,12,13). The molecule has 1 heterocycles. The molecule has 2 heteroatoms. The summed E-state index contributed by atoms with van der Waals surface area (Å²) in [6.45, 7) is 2.81. The molecular weight excluding hydrogens is 162 g/mol. The van der Waals surface area contributed by atoms with E-state index in [0.29, 0.717) is 0 Å². The maximum atomic E-state index is 11.5. The number of carbonyl (C=O) groups excluding carboxylic acids is 1. The molecule has 1 aromatic carbocycles. The van der Waals surface area contributed by atoms with E-state index in [-0.39, 0.29) is 5.91 Å². The molecule has 0 unspecified atom stereocenters. The Labute approximate surface area is 78.0 Å². The van der Waals surface area contributed by atoms with Crippen LogP contribution in [0.1, 0.15) is 27.9 Å².